The van der Waals surface area contributed by atoms with Crippen LogP contribution in [-0.4, -0.2) is 36.5 Å². The zero-order chi connectivity index (χ0) is 21.1. The van der Waals surface area contributed by atoms with Gasteiger partial charge in [-0.1, -0.05) is 43.3 Å². The summed E-state index contributed by atoms with van der Waals surface area (Å²) in [7, 11) is 0. The third-order valence-corrected chi connectivity index (χ3v) is 5.89. The van der Waals surface area contributed by atoms with Crippen LogP contribution in [0, 0.1) is 6.92 Å². The number of piperidine rings is 1. The van der Waals surface area contributed by atoms with E-state index >= 15 is 0 Å². The first-order valence-corrected chi connectivity index (χ1v) is 10.7. The van der Waals surface area contributed by atoms with E-state index in [2.05, 4.69) is 17.1 Å². The first kappa shape index (κ1) is 20.4. The zero-order valence-electron chi connectivity index (χ0n) is 17.6. The molecule has 0 radical (unpaired) electrons. The fourth-order valence-corrected chi connectivity index (χ4v) is 4.23. The van der Waals surface area contributed by atoms with Gasteiger partial charge in [0.2, 0.25) is 0 Å². The van der Waals surface area contributed by atoms with Gasteiger partial charge < -0.3 is 14.6 Å². The number of hydrogen-bond donors (Lipinski definition) is 1. The van der Waals surface area contributed by atoms with Crippen LogP contribution in [0.4, 0.5) is 0 Å². The van der Waals surface area contributed by atoms with Crippen molar-refractivity contribution in [3.8, 4) is 11.3 Å². The topological polar surface area (TPSA) is 62.6 Å². The Hall–Kier alpha value is -2.92. The molecule has 0 spiro atoms. The second-order valence-corrected chi connectivity index (χ2v) is 8.02. The van der Waals surface area contributed by atoms with Gasteiger partial charge in [-0.15, -0.1) is 0 Å². The molecule has 1 fully saturated rings. The first-order chi connectivity index (χ1) is 14.6. The van der Waals surface area contributed by atoms with Gasteiger partial charge in [0.25, 0.3) is 5.91 Å². The molecule has 0 aliphatic carbocycles. The lowest BCUT2D eigenvalue weighted by atomic mass is 10.0. The number of carbonyl (C=O) groups excluding carboxylic acids is 1. The fourth-order valence-electron chi connectivity index (χ4n) is 4.23. The monoisotopic (exact) mass is 404 g/mol. The van der Waals surface area contributed by atoms with E-state index in [4.69, 9.17) is 4.42 Å². The lowest BCUT2D eigenvalue weighted by molar-refractivity contribution is 0.0912. The smallest absolute Gasteiger partial charge is 0.255 e. The molecule has 5 heteroatoms. The molecular weight excluding hydrogens is 376 g/mol. The Morgan fingerprint density at radius 1 is 1.10 bits per heavy atom. The molecule has 1 aromatic heterocycles. The van der Waals surface area contributed by atoms with Crippen LogP contribution in [0.15, 0.2) is 57.7 Å². The van der Waals surface area contributed by atoms with Gasteiger partial charge in [0.1, 0.15) is 5.76 Å². The minimum Gasteiger partial charge on any atom is -0.455 e. The van der Waals surface area contributed by atoms with Crippen LogP contribution in [0.3, 0.4) is 0 Å². The van der Waals surface area contributed by atoms with Crippen molar-refractivity contribution in [3.63, 3.8) is 0 Å². The molecule has 1 aliphatic rings. The summed E-state index contributed by atoms with van der Waals surface area (Å²) in [5, 5.41) is 3.60. The number of hydrogen-bond acceptors (Lipinski definition) is 4. The molecule has 0 unspecified atom stereocenters. The van der Waals surface area contributed by atoms with Crippen molar-refractivity contribution < 1.29 is 9.21 Å². The number of nitrogens with one attached hydrogen (secondary N) is 1. The van der Waals surface area contributed by atoms with E-state index in [-0.39, 0.29) is 17.4 Å². The molecule has 0 atom stereocenters. The number of rotatable bonds is 5. The Bertz CT molecular complexity index is 1100. The van der Waals surface area contributed by atoms with Crippen LogP contribution in [0.1, 0.15) is 42.1 Å². The maximum atomic E-state index is 13.1. The van der Waals surface area contributed by atoms with Gasteiger partial charge in [0, 0.05) is 30.3 Å². The Balaban J connectivity index is 1.65. The quantitative estimate of drug-likeness (QED) is 0.686. The van der Waals surface area contributed by atoms with Gasteiger partial charge in [-0.25, -0.2) is 0 Å². The van der Waals surface area contributed by atoms with Crippen LogP contribution in [-0.2, 0) is 0 Å². The molecule has 3 aromatic rings. The predicted octanol–water partition coefficient (Wildman–Crippen LogP) is 4.37. The molecule has 0 saturated carbocycles. The molecule has 1 saturated heterocycles. The normalized spacial score (nSPS) is 15.4. The van der Waals surface area contributed by atoms with Crippen LogP contribution >= 0.6 is 0 Å². The molecular formula is C25H28N2O3. The molecule has 2 heterocycles. The van der Waals surface area contributed by atoms with Gasteiger partial charge in [0.15, 0.2) is 11.0 Å². The van der Waals surface area contributed by atoms with Crippen LogP contribution in [0.2, 0.25) is 0 Å². The summed E-state index contributed by atoms with van der Waals surface area (Å²) < 4.78 is 6.18. The van der Waals surface area contributed by atoms with Crippen molar-refractivity contribution in [2.24, 2.45) is 0 Å². The predicted molar refractivity (Wildman–Crippen MR) is 120 cm³/mol. The highest BCUT2D eigenvalue weighted by molar-refractivity contribution is 6.05. The van der Waals surface area contributed by atoms with Crippen LogP contribution in [0.5, 0.6) is 0 Å². The van der Waals surface area contributed by atoms with Gasteiger partial charge in [0.05, 0.1) is 10.9 Å². The summed E-state index contributed by atoms with van der Waals surface area (Å²) >= 11 is 0. The highest BCUT2D eigenvalue weighted by Gasteiger charge is 2.23. The van der Waals surface area contributed by atoms with E-state index in [1.807, 2.05) is 30.3 Å². The van der Waals surface area contributed by atoms with Gasteiger partial charge in [-0.2, -0.15) is 0 Å². The number of likely N-dealkylation sites (tertiary alicyclic amines) is 1. The summed E-state index contributed by atoms with van der Waals surface area (Å²) in [4.78, 5) is 28.5. The van der Waals surface area contributed by atoms with E-state index in [1.165, 1.54) is 0 Å². The lowest BCUT2D eigenvalue weighted by Crippen LogP contribution is -2.44. The Labute approximate surface area is 176 Å². The minimum atomic E-state index is -0.180. The Morgan fingerprint density at radius 2 is 1.83 bits per heavy atom. The highest BCUT2D eigenvalue weighted by Crippen LogP contribution is 2.27. The Kier molecular flexibility index (Phi) is 6.00. The molecule has 156 valence electrons. The summed E-state index contributed by atoms with van der Waals surface area (Å²) in [6.07, 6.45) is 3.03. The van der Waals surface area contributed by atoms with E-state index in [1.54, 1.807) is 25.1 Å². The number of amides is 1. The zero-order valence-corrected chi connectivity index (χ0v) is 17.6. The summed E-state index contributed by atoms with van der Waals surface area (Å²) in [5.74, 6) is 0.335. The average molecular weight is 405 g/mol. The van der Waals surface area contributed by atoms with Crippen molar-refractivity contribution in [1.29, 1.82) is 0 Å². The number of para-hydroxylation sites is 1. The number of carbonyl (C=O) groups is 1. The van der Waals surface area contributed by atoms with Crippen LogP contribution in [0.25, 0.3) is 22.3 Å². The van der Waals surface area contributed by atoms with Crippen molar-refractivity contribution in [2.45, 2.75) is 39.2 Å². The molecule has 5 nitrogen and oxygen atoms in total. The standard InChI is InChI=1S/C25H28N2O3/c1-3-14-27-15-12-19(13-16-27)26-25(29)21-11-7-10-20-22(28)17(2)23(30-24(20)21)18-8-5-4-6-9-18/h4-11,19H,3,12-16H2,1-2H3,(H,26,29). The van der Waals surface area contributed by atoms with Crippen molar-refractivity contribution in [2.75, 3.05) is 19.6 Å². The maximum Gasteiger partial charge on any atom is 0.255 e. The van der Waals surface area contributed by atoms with E-state index < -0.39 is 0 Å². The summed E-state index contributed by atoms with van der Waals surface area (Å²) in [6, 6.07) is 14.9. The van der Waals surface area contributed by atoms with Gasteiger partial charge in [-0.05, 0) is 44.9 Å². The van der Waals surface area contributed by atoms with E-state index in [0.29, 0.717) is 27.9 Å². The molecule has 30 heavy (non-hydrogen) atoms. The minimum absolute atomic E-state index is 0.0994. The van der Waals surface area contributed by atoms with Gasteiger partial charge >= 0.3 is 0 Å². The van der Waals surface area contributed by atoms with E-state index in [0.717, 1.165) is 44.5 Å². The number of nitrogens with zero attached hydrogens (tertiary/aromatic N) is 1. The van der Waals surface area contributed by atoms with Crippen molar-refractivity contribution in [3.05, 3.63) is 69.9 Å². The van der Waals surface area contributed by atoms with Crippen molar-refractivity contribution >= 4 is 16.9 Å². The summed E-state index contributed by atoms with van der Waals surface area (Å²) in [5.41, 5.74) is 2.05. The largest absolute Gasteiger partial charge is 0.455 e. The number of benzene rings is 2. The lowest BCUT2D eigenvalue weighted by Gasteiger charge is -2.32. The van der Waals surface area contributed by atoms with E-state index in [9.17, 15) is 9.59 Å². The number of fused-ring (bicyclic) bond motifs is 1. The SMILES string of the molecule is CCCN1CCC(NC(=O)c2cccc3c(=O)c(C)c(-c4ccccc4)oc23)CC1. The molecule has 2 aromatic carbocycles. The summed E-state index contributed by atoms with van der Waals surface area (Å²) in [6.45, 7) is 7.07. The first-order valence-electron chi connectivity index (χ1n) is 10.7. The third-order valence-electron chi connectivity index (χ3n) is 5.89. The Morgan fingerprint density at radius 3 is 2.53 bits per heavy atom. The molecule has 1 aliphatic heterocycles. The van der Waals surface area contributed by atoms with Crippen molar-refractivity contribution in [1.82, 2.24) is 10.2 Å². The third kappa shape index (κ3) is 4.03. The maximum absolute atomic E-state index is 13.1. The molecule has 1 amide bonds. The van der Waals surface area contributed by atoms with Gasteiger partial charge in [-0.3, -0.25) is 9.59 Å². The second-order valence-electron chi connectivity index (χ2n) is 8.02. The molecule has 0 bridgehead atoms. The molecule has 1 N–H and O–H groups in total. The molecule has 4 rings (SSSR count). The second kappa shape index (κ2) is 8.84. The fraction of sp³-hybridized carbons (Fsp3) is 0.360. The average Bonchev–Trinajstić information content (AvgIpc) is 2.78. The van der Waals surface area contributed by atoms with Crippen LogP contribution < -0.4 is 10.7 Å². The highest BCUT2D eigenvalue weighted by atomic mass is 16.3.